The van der Waals surface area contributed by atoms with Crippen LogP contribution in [-0.2, 0) is 14.3 Å². The number of alkyl halides is 1. The molecule has 22 heavy (non-hydrogen) atoms. The number of nitrogens with one attached hydrogen (secondary N) is 1. The van der Waals surface area contributed by atoms with Crippen LogP contribution in [0.4, 0.5) is 4.79 Å². The number of aliphatic hydroxyl groups is 1. The number of nitrogens with zero attached hydrogens (tertiary/aromatic N) is 4. The number of hydrogen-bond acceptors (Lipinski definition) is 6. The summed E-state index contributed by atoms with van der Waals surface area (Å²) in [7, 11) is 1.31. The standard InChI is InChI=1S/C11H16ClN5O5/c1-11(12)8(19)14-10(20)17(9(11)21-2)7-3-5(15-16-13)6(4-18)22-7/h5-7,9,18H,3-4H2,1-2H3,(H,14,19,20)/t5?,6-,7-,9-,11?/m1/s1. The van der Waals surface area contributed by atoms with Crippen molar-refractivity contribution in [3.05, 3.63) is 10.4 Å². The van der Waals surface area contributed by atoms with Crippen molar-refractivity contribution in [2.75, 3.05) is 13.7 Å². The van der Waals surface area contributed by atoms with Gasteiger partial charge in [-0.05, 0) is 12.5 Å². The van der Waals surface area contributed by atoms with Crippen molar-refractivity contribution < 1.29 is 24.2 Å². The molecule has 3 amide bonds. The van der Waals surface area contributed by atoms with E-state index in [0.717, 1.165) is 4.90 Å². The zero-order valence-corrected chi connectivity index (χ0v) is 12.7. The number of halogens is 1. The third kappa shape index (κ3) is 2.71. The molecule has 2 fully saturated rings. The van der Waals surface area contributed by atoms with Crippen LogP contribution in [0.25, 0.3) is 10.4 Å². The molecule has 0 spiro atoms. The summed E-state index contributed by atoms with van der Waals surface area (Å²) in [5.74, 6) is -0.675. The van der Waals surface area contributed by atoms with E-state index in [-0.39, 0.29) is 13.0 Å². The number of ether oxygens (including phenoxy) is 2. The van der Waals surface area contributed by atoms with Crippen molar-refractivity contribution in [1.29, 1.82) is 0 Å². The first kappa shape index (κ1) is 16.8. The van der Waals surface area contributed by atoms with Gasteiger partial charge in [0.1, 0.15) is 6.23 Å². The fraction of sp³-hybridized carbons (Fsp3) is 0.818. The lowest BCUT2D eigenvalue weighted by atomic mass is 10.0. The highest BCUT2D eigenvalue weighted by atomic mass is 35.5. The number of carbonyl (C=O) groups excluding carboxylic acids is 2. The smallest absolute Gasteiger partial charge is 0.328 e. The first-order valence-corrected chi connectivity index (χ1v) is 6.90. The van der Waals surface area contributed by atoms with Crippen LogP contribution in [0.1, 0.15) is 13.3 Å². The monoisotopic (exact) mass is 333 g/mol. The van der Waals surface area contributed by atoms with Crippen molar-refractivity contribution in [1.82, 2.24) is 10.2 Å². The van der Waals surface area contributed by atoms with Crippen LogP contribution in [0.2, 0.25) is 0 Å². The third-order valence-electron chi connectivity index (χ3n) is 3.73. The molecule has 122 valence electrons. The molecule has 0 aliphatic carbocycles. The summed E-state index contributed by atoms with van der Waals surface area (Å²) in [6, 6.07) is -1.36. The minimum Gasteiger partial charge on any atom is -0.394 e. The predicted molar refractivity (Wildman–Crippen MR) is 73.7 cm³/mol. The van der Waals surface area contributed by atoms with Crippen LogP contribution in [-0.4, -0.2) is 65.1 Å². The Morgan fingerprint density at radius 3 is 2.91 bits per heavy atom. The second-order valence-corrected chi connectivity index (χ2v) is 5.94. The fourth-order valence-electron chi connectivity index (χ4n) is 2.62. The topological polar surface area (TPSA) is 137 Å². The average Bonchev–Trinajstić information content (AvgIpc) is 2.85. The van der Waals surface area contributed by atoms with E-state index in [1.807, 2.05) is 0 Å². The van der Waals surface area contributed by atoms with E-state index >= 15 is 0 Å². The Balaban J connectivity index is 2.28. The van der Waals surface area contributed by atoms with Gasteiger partial charge in [0.15, 0.2) is 11.1 Å². The third-order valence-corrected chi connectivity index (χ3v) is 4.09. The van der Waals surface area contributed by atoms with E-state index in [2.05, 4.69) is 15.3 Å². The van der Waals surface area contributed by atoms with Crippen molar-refractivity contribution in [3.63, 3.8) is 0 Å². The zero-order valence-electron chi connectivity index (χ0n) is 12.0. The van der Waals surface area contributed by atoms with E-state index in [0.29, 0.717) is 0 Å². The lowest BCUT2D eigenvalue weighted by Gasteiger charge is -2.44. The molecule has 0 aromatic carbocycles. The summed E-state index contributed by atoms with van der Waals surface area (Å²) in [4.78, 5) is 26.3. The van der Waals surface area contributed by atoms with Crippen molar-refractivity contribution in [2.45, 2.75) is 42.8 Å². The zero-order chi connectivity index (χ0) is 16.5. The van der Waals surface area contributed by atoms with Gasteiger partial charge in [0.2, 0.25) is 0 Å². The second-order valence-electron chi connectivity index (χ2n) is 5.15. The molecule has 2 rings (SSSR count). The number of amides is 3. The highest BCUT2D eigenvalue weighted by Gasteiger charge is 2.54. The minimum absolute atomic E-state index is 0.156. The summed E-state index contributed by atoms with van der Waals surface area (Å²) in [6.07, 6.45) is -2.50. The Morgan fingerprint density at radius 2 is 2.36 bits per heavy atom. The SMILES string of the molecule is CO[C@H]1N([C@H]2CC(N=[N+]=[N-])[C@@H](CO)O2)C(=O)NC(=O)C1(C)Cl. The number of azide groups is 1. The molecule has 2 heterocycles. The van der Waals surface area contributed by atoms with Gasteiger partial charge in [-0.3, -0.25) is 15.0 Å². The van der Waals surface area contributed by atoms with Crippen LogP contribution >= 0.6 is 11.6 Å². The quantitative estimate of drug-likeness (QED) is 0.330. The van der Waals surface area contributed by atoms with Crippen LogP contribution < -0.4 is 5.32 Å². The molecule has 2 N–H and O–H groups in total. The molecular formula is C11H16ClN5O5. The van der Waals surface area contributed by atoms with E-state index in [9.17, 15) is 14.7 Å². The molecule has 0 bridgehead atoms. The summed E-state index contributed by atoms with van der Waals surface area (Å²) in [5, 5.41) is 14.9. The molecular weight excluding hydrogens is 318 g/mol. The van der Waals surface area contributed by atoms with Gasteiger partial charge in [-0.25, -0.2) is 4.79 Å². The average molecular weight is 334 g/mol. The predicted octanol–water partition coefficient (Wildman–Crippen LogP) is 0.294. The summed E-state index contributed by atoms with van der Waals surface area (Å²) >= 11 is 6.18. The molecule has 2 aliphatic heterocycles. The molecule has 10 nitrogen and oxygen atoms in total. The van der Waals surface area contributed by atoms with Gasteiger partial charge >= 0.3 is 6.03 Å². The van der Waals surface area contributed by atoms with Crippen LogP contribution in [0.5, 0.6) is 0 Å². The van der Waals surface area contributed by atoms with Crippen LogP contribution in [0, 0.1) is 0 Å². The van der Waals surface area contributed by atoms with Gasteiger partial charge in [0.25, 0.3) is 5.91 Å². The van der Waals surface area contributed by atoms with Crippen molar-refractivity contribution in [3.8, 4) is 0 Å². The van der Waals surface area contributed by atoms with Gasteiger partial charge < -0.3 is 14.6 Å². The normalized spacial score (nSPS) is 38.6. The number of methoxy groups -OCH3 is 1. The van der Waals surface area contributed by atoms with E-state index in [4.69, 9.17) is 26.6 Å². The lowest BCUT2D eigenvalue weighted by molar-refractivity contribution is -0.154. The number of urea groups is 1. The molecule has 0 radical (unpaired) electrons. The molecule has 2 aliphatic rings. The van der Waals surface area contributed by atoms with Gasteiger partial charge in [-0.2, -0.15) is 0 Å². The molecule has 0 saturated carbocycles. The maximum atomic E-state index is 12.1. The summed E-state index contributed by atoms with van der Waals surface area (Å²) in [6.45, 7) is 1.05. The molecule has 0 aromatic rings. The first-order valence-electron chi connectivity index (χ1n) is 6.52. The summed E-state index contributed by atoms with van der Waals surface area (Å²) < 4.78 is 10.7. The first-order chi connectivity index (χ1) is 10.4. The van der Waals surface area contributed by atoms with Gasteiger partial charge in [-0.15, -0.1) is 11.6 Å². The second kappa shape index (κ2) is 6.27. The number of hydrogen-bond donors (Lipinski definition) is 2. The molecule has 2 unspecified atom stereocenters. The maximum absolute atomic E-state index is 12.1. The number of carbonyl (C=O) groups is 2. The van der Waals surface area contributed by atoms with Gasteiger partial charge in [-0.1, -0.05) is 5.11 Å². The Bertz CT molecular complexity index is 523. The fourth-order valence-corrected chi connectivity index (χ4v) is 2.86. The Labute approximate surface area is 130 Å². The van der Waals surface area contributed by atoms with Crippen molar-refractivity contribution >= 4 is 23.5 Å². The van der Waals surface area contributed by atoms with E-state index in [1.165, 1.54) is 14.0 Å². The number of imide groups is 1. The molecule has 11 heteroatoms. The summed E-state index contributed by atoms with van der Waals surface area (Å²) in [5.41, 5.74) is 8.54. The highest BCUT2D eigenvalue weighted by Crippen LogP contribution is 2.34. The number of rotatable bonds is 4. The minimum atomic E-state index is -1.50. The lowest BCUT2D eigenvalue weighted by Crippen LogP contribution is -2.69. The van der Waals surface area contributed by atoms with Gasteiger partial charge in [0.05, 0.1) is 18.8 Å². The molecule has 5 atom stereocenters. The highest BCUT2D eigenvalue weighted by molar-refractivity contribution is 6.36. The molecule has 0 aromatic heterocycles. The Hall–Kier alpha value is -1.58. The molecule has 2 saturated heterocycles. The Morgan fingerprint density at radius 1 is 1.68 bits per heavy atom. The number of aliphatic hydroxyl groups excluding tert-OH is 1. The maximum Gasteiger partial charge on any atom is 0.328 e. The van der Waals surface area contributed by atoms with E-state index < -0.39 is 41.4 Å². The van der Waals surface area contributed by atoms with Gasteiger partial charge in [0, 0.05) is 18.4 Å². The Kier molecular flexibility index (Phi) is 4.78. The van der Waals surface area contributed by atoms with Crippen LogP contribution in [0.3, 0.4) is 0 Å². The van der Waals surface area contributed by atoms with Crippen molar-refractivity contribution in [2.24, 2.45) is 5.11 Å². The largest absolute Gasteiger partial charge is 0.394 e. The van der Waals surface area contributed by atoms with Crippen LogP contribution in [0.15, 0.2) is 5.11 Å². The van der Waals surface area contributed by atoms with E-state index in [1.54, 1.807) is 0 Å².